The molecule has 2 nitrogen and oxygen atoms in total. The molecule has 0 amide bonds. The van der Waals surface area contributed by atoms with Crippen molar-refractivity contribution in [2.75, 3.05) is 6.61 Å². The maximum atomic E-state index is 7.50. The Morgan fingerprint density at radius 3 is 2.86 bits per heavy atom. The molecule has 0 atom stereocenters. The zero-order valence-corrected chi connectivity index (χ0v) is 8.37. The van der Waals surface area contributed by atoms with E-state index < -0.39 is 6.85 Å². The highest BCUT2D eigenvalue weighted by molar-refractivity contribution is 5.96. The van der Waals surface area contributed by atoms with E-state index in [0.717, 1.165) is 0 Å². The molecule has 2 rings (SSSR count). The summed E-state index contributed by atoms with van der Waals surface area (Å²) >= 11 is 0. The molecule has 1 aromatic carbocycles. The third-order valence-electron chi connectivity index (χ3n) is 2.12. The van der Waals surface area contributed by atoms with E-state index in [1.54, 1.807) is 24.3 Å². The predicted molar refractivity (Wildman–Crippen MR) is 57.7 cm³/mol. The lowest BCUT2D eigenvalue weighted by Gasteiger charge is -2.07. The Hall–Kier alpha value is -1.31. The van der Waals surface area contributed by atoms with Crippen molar-refractivity contribution in [3.05, 3.63) is 35.4 Å². The highest BCUT2D eigenvalue weighted by atomic mass is 16.5. The van der Waals surface area contributed by atoms with Gasteiger partial charge in [-0.25, -0.2) is 4.99 Å². The molecule has 0 saturated carbocycles. The van der Waals surface area contributed by atoms with E-state index in [2.05, 4.69) is 4.99 Å². The highest BCUT2D eigenvalue weighted by Gasteiger charge is 2.27. The molecule has 0 spiro atoms. The second-order valence-electron chi connectivity index (χ2n) is 4.06. The fourth-order valence-electron chi connectivity index (χ4n) is 1.39. The highest BCUT2D eigenvalue weighted by Crippen LogP contribution is 2.21. The summed E-state index contributed by atoms with van der Waals surface area (Å²) in [6.45, 7) is 2.25. The van der Waals surface area contributed by atoms with Crippen LogP contribution in [0.3, 0.4) is 0 Å². The van der Waals surface area contributed by atoms with Gasteiger partial charge in [-0.3, -0.25) is 0 Å². The largest absolute Gasteiger partial charge is 0.475 e. The normalized spacial score (nSPS) is 23.0. The quantitative estimate of drug-likeness (QED) is 0.670. The minimum atomic E-state index is -2.14. The average Bonchev–Trinajstić information content (AvgIpc) is 2.58. The molecule has 74 valence electrons. The van der Waals surface area contributed by atoms with Crippen LogP contribution in [-0.4, -0.2) is 18.0 Å². The first-order valence-electron chi connectivity index (χ1n) is 6.12. The lowest BCUT2D eigenvalue weighted by molar-refractivity contribution is 0.279. The van der Waals surface area contributed by atoms with Crippen molar-refractivity contribution in [1.82, 2.24) is 0 Å². The number of benzene rings is 1. The number of aryl methyl sites for hydroxylation is 1. The summed E-state index contributed by atoms with van der Waals surface area (Å²) in [7, 11) is 0. The molecule has 0 bridgehead atoms. The van der Waals surface area contributed by atoms with Crippen molar-refractivity contribution in [2.45, 2.75) is 26.2 Å². The van der Waals surface area contributed by atoms with E-state index in [-0.39, 0.29) is 11.1 Å². The summed E-state index contributed by atoms with van der Waals surface area (Å²) in [6, 6.07) is 6.84. The molecule has 0 N–H and O–H groups in total. The van der Waals surface area contributed by atoms with Crippen LogP contribution in [0.5, 0.6) is 0 Å². The average molecular weight is 192 g/mol. The monoisotopic (exact) mass is 192 g/mol. The van der Waals surface area contributed by atoms with E-state index in [1.807, 2.05) is 13.8 Å². The van der Waals surface area contributed by atoms with Crippen molar-refractivity contribution in [3.63, 3.8) is 0 Å². The van der Waals surface area contributed by atoms with Crippen LogP contribution >= 0.6 is 0 Å². The van der Waals surface area contributed by atoms with Crippen LogP contribution in [-0.2, 0) is 4.74 Å². The summed E-state index contributed by atoms with van der Waals surface area (Å²) in [4.78, 5) is 4.41. The van der Waals surface area contributed by atoms with Gasteiger partial charge in [0.2, 0.25) is 5.90 Å². The third kappa shape index (κ3) is 1.65. The summed E-state index contributed by atoms with van der Waals surface area (Å²) in [5.74, 6) is 0.432. The van der Waals surface area contributed by atoms with E-state index >= 15 is 0 Å². The number of hydrogen-bond donors (Lipinski definition) is 0. The van der Waals surface area contributed by atoms with Crippen LogP contribution < -0.4 is 0 Å². The van der Waals surface area contributed by atoms with Gasteiger partial charge in [0, 0.05) is 9.68 Å². The van der Waals surface area contributed by atoms with Crippen molar-refractivity contribution in [2.24, 2.45) is 4.99 Å². The third-order valence-corrected chi connectivity index (χ3v) is 2.12. The molecule has 2 heteroatoms. The molecule has 14 heavy (non-hydrogen) atoms. The van der Waals surface area contributed by atoms with Gasteiger partial charge in [-0.1, -0.05) is 18.2 Å². The molecule has 0 unspecified atom stereocenters. The molecule has 1 aliphatic heterocycles. The lowest BCUT2D eigenvalue weighted by Crippen LogP contribution is -2.17. The van der Waals surface area contributed by atoms with Crippen LogP contribution in [0.1, 0.15) is 29.1 Å². The van der Waals surface area contributed by atoms with Gasteiger partial charge in [-0.05, 0) is 32.3 Å². The first kappa shape index (κ1) is 6.23. The minimum absolute atomic E-state index is 0.281. The van der Waals surface area contributed by atoms with Gasteiger partial charge in [0.25, 0.3) is 0 Å². The number of rotatable bonds is 1. The van der Waals surface area contributed by atoms with Gasteiger partial charge < -0.3 is 4.74 Å². The second kappa shape index (κ2) is 3.12. The standard InChI is InChI=1S/C12H15NO/c1-9-6-4-5-7-10(9)11-13-12(2,3)8-14-11/h4-7H,8H2,1-3H3/i1D3. The summed E-state index contributed by atoms with van der Waals surface area (Å²) < 4.78 is 28.0. The first-order valence-corrected chi connectivity index (χ1v) is 4.62. The Kier molecular flexibility index (Phi) is 1.39. The van der Waals surface area contributed by atoms with E-state index in [0.29, 0.717) is 18.1 Å². The van der Waals surface area contributed by atoms with Gasteiger partial charge in [-0.15, -0.1) is 0 Å². The Balaban J connectivity index is 2.47. The number of hydrogen-bond acceptors (Lipinski definition) is 2. The molecule has 0 radical (unpaired) electrons. The second-order valence-corrected chi connectivity index (χ2v) is 4.06. The Labute approximate surface area is 88.8 Å². The molecule has 0 saturated heterocycles. The molecular formula is C12H15NO. The van der Waals surface area contributed by atoms with Crippen LogP contribution in [0, 0.1) is 6.85 Å². The van der Waals surface area contributed by atoms with Crippen LogP contribution in [0.25, 0.3) is 0 Å². The Morgan fingerprint density at radius 1 is 1.43 bits per heavy atom. The molecule has 0 aromatic heterocycles. The maximum absolute atomic E-state index is 7.50. The van der Waals surface area contributed by atoms with Gasteiger partial charge in [0.15, 0.2) is 0 Å². The van der Waals surface area contributed by atoms with E-state index in [1.165, 1.54) is 0 Å². The minimum Gasteiger partial charge on any atom is -0.475 e. The fraction of sp³-hybridized carbons (Fsp3) is 0.417. The fourth-order valence-corrected chi connectivity index (χ4v) is 1.39. The van der Waals surface area contributed by atoms with Crippen LogP contribution in [0.4, 0.5) is 0 Å². The molecule has 1 aliphatic rings. The van der Waals surface area contributed by atoms with Gasteiger partial charge in [0.05, 0.1) is 5.54 Å². The Bertz CT molecular complexity index is 463. The van der Waals surface area contributed by atoms with Crippen molar-refractivity contribution >= 4 is 5.90 Å². The Morgan fingerprint density at radius 2 is 2.21 bits per heavy atom. The topological polar surface area (TPSA) is 21.6 Å². The smallest absolute Gasteiger partial charge is 0.217 e. The number of nitrogens with zero attached hydrogens (tertiary/aromatic N) is 1. The SMILES string of the molecule is [2H]C([2H])([2H])c1ccccc1C1=NC(C)(C)CO1. The van der Waals surface area contributed by atoms with E-state index in [9.17, 15) is 0 Å². The molecule has 1 heterocycles. The predicted octanol–water partition coefficient (Wildman–Crippen LogP) is 2.55. The summed E-state index contributed by atoms with van der Waals surface area (Å²) in [5, 5.41) is 0. The first-order chi connectivity index (χ1) is 7.80. The van der Waals surface area contributed by atoms with Gasteiger partial charge in [0.1, 0.15) is 6.61 Å². The van der Waals surface area contributed by atoms with Crippen LogP contribution in [0.15, 0.2) is 29.3 Å². The van der Waals surface area contributed by atoms with Crippen molar-refractivity contribution < 1.29 is 8.85 Å². The molecule has 0 fully saturated rings. The number of aliphatic imine (C=N–C) groups is 1. The van der Waals surface area contributed by atoms with E-state index in [4.69, 9.17) is 8.85 Å². The summed E-state index contributed by atoms with van der Waals surface area (Å²) in [6.07, 6.45) is 0. The molecular weight excluding hydrogens is 174 g/mol. The molecule has 1 aromatic rings. The lowest BCUT2D eigenvalue weighted by atomic mass is 10.1. The van der Waals surface area contributed by atoms with Crippen molar-refractivity contribution in [1.29, 1.82) is 0 Å². The zero-order chi connectivity index (χ0) is 12.7. The summed E-state index contributed by atoms with van der Waals surface area (Å²) in [5.41, 5.74) is 0.575. The van der Waals surface area contributed by atoms with Crippen LogP contribution in [0.2, 0.25) is 0 Å². The molecule has 0 aliphatic carbocycles. The zero-order valence-electron chi connectivity index (χ0n) is 11.4. The van der Waals surface area contributed by atoms with Gasteiger partial charge in [-0.2, -0.15) is 0 Å². The van der Waals surface area contributed by atoms with Crippen molar-refractivity contribution in [3.8, 4) is 0 Å². The number of ether oxygens (including phenoxy) is 1. The van der Waals surface area contributed by atoms with Gasteiger partial charge >= 0.3 is 0 Å². The maximum Gasteiger partial charge on any atom is 0.217 e.